The van der Waals surface area contributed by atoms with Gasteiger partial charge < -0.3 is 10.2 Å². The number of rotatable bonds is 9. The molecule has 1 aromatic heterocycles. The van der Waals surface area contributed by atoms with Crippen molar-refractivity contribution in [3.63, 3.8) is 0 Å². The van der Waals surface area contributed by atoms with Gasteiger partial charge in [0.1, 0.15) is 0 Å². The van der Waals surface area contributed by atoms with Crippen LogP contribution in [-0.4, -0.2) is 36.6 Å². The molecule has 0 fully saturated rings. The predicted molar refractivity (Wildman–Crippen MR) is 94.4 cm³/mol. The van der Waals surface area contributed by atoms with E-state index in [1.165, 1.54) is 15.7 Å². The second kappa shape index (κ2) is 8.90. The Hall–Kier alpha value is -0.260. The van der Waals surface area contributed by atoms with Gasteiger partial charge in [0.2, 0.25) is 0 Å². The number of hydrogen-bond donors (Lipinski definition) is 1. The fraction of sp³-hybridized carbons (Fsp3) is 0.800. The van der Waals surface area contributed by atoms with E-state index in [1.807, 2.05) is 23.1 Å². The Balaban J connectivity index is 2.94. The first-order valence-electron chi connectivity index (χ1n) is 7.47. The minimum Gasteiger partial charge on any atom is -0.347 e. The van der Waals surface area contributed by atoms with Crippen LogP contribution >= 0.6 is 23.1 Å². The molecule has 0 bridgehead atoms. The van der Waals surface area contributed by atoms with Crippen molar-refractivity contribution in [2.24, 2.45) is 0 Å². The molecule has 116 valence electrons. The fourth-order valence-electron chi connectivity index (χ4n) is 2.17. The largest absolute Gasteiger partial charge is 0.347 e. The van der Waals surface area contributed by atoms with Gasteiger partial charge in [-0.1, -0.05) is 27.7 Å². The average molecular weight is 316 g/mol. The molecule has 0 aliphatic rings. The van der Waals surface area contributed by atoms with E-state index in [-0.39, 0.29) is 0 Å². The summed E-state index contributed by atoms with van der Waals surface area (Å²) >= 11 is 3.76. The van der Waals surface area contributed by atoms with Gasteiger partial charge in [-0.15, -0.1) is 11.3 Å². The maximum absolute atomic E-state index is 4.91. The van der Waals surface area contributed by atoms with E-state index in [2.05, 4.69) is 51.2 Å². The summed E-state index contributed by atoms with van der Waals surface area (Å²) in [5, 5.41) is 4.60. The van der Waals surface area contributed by atoms with E-state index in [0.29, 0.717) is 12.0 Å². The first-order valence-corrected chi connectivity index (χ1v) is 9.68. The molecule has 20 heavy (non-hydrogen) atoms. The van der Waals surface area contributed by atoms with Crippen molar-refractivity contribution in [3.05, 3.63) is 10.6 Å². The third kappa shape index (κ3) is 4.64. The molecule has 1 aromatic rings. The number of aromatic nitrogens is 1. The van der Waals surface area contributed by atoms with Crippen molar-refractivity contribution < 1.29 is 0 Å². The Morgan fingerprint density at radius 1 is 1.35 bits per heavy atom. The zero-order valence-corrected chi connectivity index (χ0v) is 15.3. The van der Waals surface area contributed by atoms with Crippen LogP contribution in [0.15, 0.2) is 0 Å². The summed E-state index contributed by atoms with van der Waals surface area (Å²) < 4.78 is 0. The molecule has 1 unspecified atom stereocenters. The monoisotopic (exact) mass is 315 g/mol. The van der Waals surface area contributed by atoms with Gasteiger partial charge in [-0.25, -0.2) is 4.98 Å². The van der Waals surface area contributed by atoms with E-state index in [4.69, 9.17) is 4.98 Å². The molecule has 0 saturated heterocycles. The first kappa shape index (κ1) is 17.8. The molecule has 1 rings (SSSR count). The van der Waals surface area contributed by atoms with Crippen LogP contribution < -0.4 is 10.2 Å². The van der Waals surface area contributed by atoms with Crippen LogP contribution in [0.3, 0.4) is 0 Å². The number of nitrogens with one attached hydrogen (secondary N) is 1. The van der Waals surface area contributed by atoms with E-state index >= 15 is 0 Å². The summed E-state index contributed by atoms with van der Waals surface area (Å²) in [5.74, 6) is 1.65. The van der Waals surface area contributed by atoms with Gasteiger partial charge >= 0.3 is 0 Å². The molecule has 1 atom stereocenters. The third-order valence-electron chi connectivity index (χ3n) is 3.48. The molecule has 0 amide bonds. The molecule has 0 aliphatic heterocycles. The molecule has 3 nitrogen and oxygen atoms in total. The first-order chi connectivity index (χ1) is 9.54. The Kier molecular flexibility index (Phi) is 7.92. The molecule has 0 spiro atoms. The summed E-state index contributed by atoms with van der Waals surface area (Å²) in [6, 6.07) is 0.572. The van der Waals surface area contributed by atoms with Crippen molar-refractivity contribution in [1.29, 1.82) is 0 Å². The molecular formula is C15H29N3S2. The van der Waals surface area contributed by atoms with Gasteiger partial charge in [-0.3, -0.25) is 0 Å². The Morgan fingerprint density at radius 3 is 2.55 bits per heavy atom. The van der Waals surface area contributed by atoms with Crippen molar-refractivity contribution >= 4 is 28.2 Å². The number of anilines is 1. The summed E-state index contributed by atoms with van der Waals surface area (Å²) in [4.78, 5) is 8.66. The van der Waals surface area contributed by atoms with E-state index < -0.39 is 0 Å². The fourth-order valence-corrected chi connectivity index (χ4v) is 4.23. The van der Waals surface area contributed by atoms with Gasteiger partial charge in [-0.2, -0.15) is 11.8 Å². The molecule has 5 heteroatoms. The van der Waals surface area contributed by atoms with Crippen LogP contribution in [0.25, 0.3) is 0 Å². The van der Waals surface area contributed by atoms with Gasteiger partial charge in [0.15, 0.2) is 5.13 Å². The molecule has 0 aliphatic carbocycles. The van der Waals surface area contributed by atoms with Crippen molar-refractivity contribution in [1.82, 2.24) is 10.3 Å². The Bertz CT molecular complexity index is 390. The van der Waals surface area contributed by atoms with Crippen molar-refractivity contribution in [2.45, 2.75) is 52.6 Å². The maximum Gasteiger partial charge on any atom is 0.185 e. The van der Waals surface area contributed by atoms with Crippen molar-refractivity contribution in [3.8, 4) is 0 Å². The lowest BCUT2D eigenvalue weighted by Gasteiger charge is -2.26. The van der Waals surface area contributed by atoms with Crippen LogP contribution in [-0.2, 0) is 6.54 Å². The second-order valence-corrected chi connectivity index (χ2v) is 7.34. The lowest BCUT2D eigenvalue weighted by atomic mass is 10.1. The molecule has 1 heterocycles. The van der Waals surface area contributed by atoms with Crippen LogP contribution in [0.2, 0.25) is 0 Å². The second-order valence-electron chi connectivity index (χ2n) is 5.37. The van der Waals surface area contributed by atoms with Gasteiger partial charge in [0, 0.05) is 30.3 Å². The Labute approximate surface area is 132 Å². The number of thioether (sulfide) groups is 1. The zero-order valence-electron chi connectivity index (χ0n) is 13.7. The summed E-state index contributed by atoms with van der Waals surface area (Å²) in [5.41, 5.74) is 1.26. The normalized spacial score (nSPS) is 12.9. The quantitative estimate of drug-likeness (QED) is 0.747. The average Bonchev–Trinajstić information content (AvgIpc) is 2.86. The highest BCUT2D eigenvalue weighted by Gasteiger charge is 2.20. The number of thiazole rings is 1. The smallest absolute Gasteiger partial charge is 0.185 e. The van der Waals surface area contributed by atoms with Gasteiger partial charge in [-0.05, 0) is 25.1 Å². The van der Waals surface area contributed by atoms with Crippen LogP contribution in [0.5, 0.6) is 0 Å². The van der Waals surface area contributed by atoms with Crippen LogP contribution in [0, 0.1) is 0 Å². The summed E-state index contributed by atoms with van der Waals surface area (Å²) in [7, 11) is 2.18. The number of hydrogen-bond acceptors (Lipinski definition) is 5. The highest BCUT2D eigenvalue weighted by molar-refractivity contribution is 7.98. The molecule has 0 aromatic carbocycles. The predicted octanol–water partition coefficient (Wildman–Crippen LogP) is 3.95. The van der Waals surface area contributed by atoms with E-state index in [1.54, 1.807) is 0 Å². The van der Waals surface area contributed by atoms with Gasteiger partial charge in [0.25, 0.3) is 0 Å². The highest BCUT2D eigenvalue weighted by Crippen LogP contribution is 2.31. The van der Waals surface area contributed by atoms with Gasteiger partial charge in [0.05, 0.1) is 5.69 Å². The molecule has 0 radical (unpaired) electrons. The minimum absolute atomic E-state index is 0.489. The topological polar surface area (TPSA) is 28.2 Å². The Morgan fingerprint density at radius 2 is 2.05 bits per heavy atom. The van der Waals surface area contributed by atoms with E-state index in [9.17, 15) is 0 Å². The van der Waals surface area contributed by atoms with Crippen LogP contribution in [0.1, 0.15) is 50.6 Å². The van der Waals surface area contributed by atoms with Crippen LogP contribution in [0.4, 0.5) is 5.13 Å². The van der Waals surface area contributed by atoms with Crippen molar-refractivity contribution in [2.75, 3.05) is 30.5 Å². The summed E-state index contributed by atoms with van der Waals surface area (Å²) in [6.45, 7) is 10.8. The standard InChI is InChI=1S/C15H29N3S2/c1-7-12(10-19-6)18(5)15-17-14(11(3)4)13(20-15)9-16-8-2/h11-12,16H,7-10H2,1-6H3. The molecular weight excluding hydrogens is 286 g/mol. The molecule has 0 saturated carbocycles. The third-order valence-corrected chi connectivity index (χ3v) is 5.36. The van der Waals surface area contributed by atoms with E-state index in [0.717, 1.165) is 25.3 Å². The summed E-state index contributed by atoms with van der Waals surface area (Å²) in [6.07, 6.45) is 3.34. The highest BCUT2D eigenvalue weighted by atomic mass is 32.2. The number of nitrogens with zero attached hydrogens (tertiary/aromatic N) is 2. The lowest BCUT2D eigenvalue weighted by Crippen LogP contribution is -2.33. The maximum atomic E-state index is 4.91. The zero-order chi connectivity index (χ0) is 15.1. The molecule has 1 N–H and O–H groups in total. The minimum atomic E-state index is 0.489. The lowest BCUT2D eigenvalue weighted by molar-refractivity contribution is 0.668. The SMILES string of the molecule is CCNCc1sc(N(C)C(CC)CSC)nc1C(C)C.